The molecule has 0 radical (unpaired) electrons. The van der Waals surface area contributed by atoms with Gasteiger partial charge in [-0.3, -0.25) is 0 Å². The molecule has 0 fully saturated rings. The van der Waals surface area contributed by atoms with Crippen molar-refractivity contribution >= 4 is 0 Å². The molecule has 0 aromatic heterocycles. The third-order valence-electron chi connectivity index (χ3n) is 2.89. The highest BCUT2D eigenvalue weighted by Gasteiger charge is 2.01. The lowest BCUT2D eigenvalue weighted by Crippen LogP contribution is -2.28. The second-order valence-corrected chi connectivity index (χ2v) is 4.14. The van der Waals surface area contributed by atoms with E-state index in [9.17, 15) is 0 Å². The lowest BCUT2D eigenvalue weighted by Gasteiger charge is -2.18. The van der Waals surface area contributed by atoms with Gasteiger partial charge >= 0.3 is 0 Å². The Morgan fingerprint density at radius 1 is 1.12 bits per heavy atom. The molecule has 0 atom stereocenters. The molecule has 0 aliphatic carbocycles. The molecule has 0 saturated carbocycles. The topological polar surface area (TPSA) is 12.5 Å². The number of nitrogens with zero attached hydrogens (tertiary/aromatic N) is 1. The van der Waals surface area contributed by atoms with Gasteiger partial charge in [0.15, 0.2) is 0 Å². The summed E-state index contributed by atoms with van der Waals surface area (Å²) in [5.74, 6) is 1.01. The SMILES string of the molecule is CCN(CC)CCOc1ccc(C)cc1C. The predicted octanol–water partition coefficient (Wildman–Crippen LogP) is 3.02. The maximum absolute atomic E-state index is 5.78. The molecular weight excluding hydrogens is 198 g/mol. The Balaban J connectivity index is 2.42. The lowest BCUT2D eigenvalue weighted by atomic mass is 10.1. The number of likely N-dealkylation sites (N-methyl/N-ethyl adjacent to an activating group) is 1. The molecule has 0 heterocycles. The van der Waals surface area contributed by atoms with E-state index in [0.29, 0.717) is 0 Å². The fourth-order valence-electron chi connectivity index (χ4n) is 1.79. The third-order valence-corrected chi connectivity index (χ3v) is 2.89. The van der Waals surface area contributed by atoms with Gasteiger partial charge in [0.25, 0.3) is 0 Å². The van der Waals surface area contributed by atoms with Crippen LogP contribution in [0.2, 0.25) is 0 Å². The number of rotatable bonds is 6. The molecular formula is C14H23NO. The van der Waals surface area contributed by atoms with Gasteiger partial charge in [-0.2, -0.15) is 0 Å². The molecule has 0 unspecified atom stereocenters. The maximum Gasteiger partial charge on any atom is 0.122 e. The van der Waals surface area contributed by atoms with E-state index >= 15 is 0 Å². The van der Waals surface area contributed by atoms with Gasteiger partial charge in [-0.25, -0.2) is 0 Å². The molecule has 0 bridgehead atoms. The molecule has 0 aliphatic heterocycles. The van der Waals surface area contributed by atoms with E-state index in [-0.39, 0.29) is 0 Å². The minimum absolute atomic E-state index is 0.769. The fraction of sp³-hybridized carbons (Fsp3) is 0.571. The molecule has 0 N–H and O–H groups in total. The van der Waals surface area contributed by atoms with Crippen LogP contribution in [0.15, 0.2) is 18.2 Å². The quantitative estimate of drug-likeness (QED) is 0.732. The first-order valence-corrected chi connectivity index (χ1v) is 6.09. The molecule has 2 nitrogen and oxygen atoms in total. The maximum atomic E-state index is 5.78. The van der Waals surface area contributed by atoms with E-state index < -0.39 is 0 Å². The summed E-state index contributed by atoms with van der Waals surface area (Å²) in [6.45, 7) is 12.5. The van der Waals surface area contributed by atoms with Gasteiger partial charge in [0.05, 0.1) is 0 Å². The summed E-state index contributed by atoms with van der Waals surface area (Å²) in [7, 11) is 0. The summed E-state index contributed by atoms with van der Waals surface area (Å²) >= 11 is 0. The Bertz CT molecular complexity index is 319. The highest BCUT2D eigenvalue weighted by Crippen LogP contribution is 2.18. The van der Waals surface area contributed by atoms with Crippen LogP contribution in [-0.4, -0.2) is 31.1 Å². The highest BCUT2D eigenvalue weighted by atomic mass is 16.5. The van der Waals surface area contributed by atoms with Crippen LogP contribution in [-0.2, 0) is 0 Å². The normalized spacial score (nSPS) is 10.8. The Morgan fingerprint density at radius 3 is 2.38 bits per heavy atom. The smallest absolute Gasteiger partial charge is 0.122 e. The summed E-state index contributed by atoms with van der Waals surface area (Å²) in [5.41, 5.74) is 2.51. The standard InChI is InChI=1S/C14H23NO/c1-5-15(6-2)9-10-16-14-8-7-12(3)11-13(14)4/h7-8,11H,5-6,9-10H2,1-4H3. The zero-order valence-corrected chi connectivity index (χ0v) is 10.9. The van der Waals surface area contributed by atoms with Crippen molar-refractivity contribution in [3.63, 3.8) is 0 Å². The zero-order valence-electron chi connectivity index (χ0n) is 10.9. The summed E-state index contributed by atoms with van der Waals surface area (Å²) in [6.07, 6.45) is 0. The van der Waals surface area contributed by atoms with Crippen molar-refractivity contribution in [2.45, 2.75) is 27.7 Å². The van der Waals surface area contributed by atoms with Gasteiger partial charge in [-0.05, 0) is 38.6 Å². The Morgan fingerprint density at radius 2 is 1.81 bits per heavy atom. The third kappa shape index (κ3) is 3.86. The average Bonchev–Trinajstić information content (AvgIpc) is 2.27. The number of aryl methyl sites for hydroxylation is 2. The number of ether oxygens (including phenoxy) is 1. The molecule has 1 aromatic carbocycles. The Labute approximate surface area is 99.2 Å². The first-order chi connectivity index (χ1) is 7.67. The van der Waals surface area contributed by atoms with E-state index in [4.69, 9.17) is 4.74 Å². The molecule has 0 amide bonds. The van der Waals surface area contributed by atoms with E-state index in [1.807, 2.05) is 0 Å². The van der Waals surface area contributed by atoms with E-state index in [1.165, 1.54) is 11.1 Å². The first-order valence-electron chi connectivity index (χ1n) is 6.09. The number of hydrogen-bond donors (Lipinski definition) is 0. The monoisotopic (exact) mass is 221 g/mol. The van der Waals surface area contributed by atoms with Crippen molar-refractivity contribution < 1.29 is 4.74 Å². The van der Waals surface area contributed by atoms with E-state index in [2.05, 4.69) is 50.8 Å². The predicted molar refractivity (Wildman–Crippen MR) is 69.2 cm³/mol. The minimum Gasteiger partial charge on any atom is -0.492 e. The van der Waals surface area contributed by atoms with Crippen LogP contribution in [0.25, 0.3) is 0 Å². The van der Waals surface area contributed by atoms with Crippen molar-refractivity contribution in [2.24, 2.45) is 0 Å². The van der Waals surface area contributed by atoms with Crippen molar-refractivity contribution in [3.8, 4) is 5.75 Å². The summed E-state index contributed by atoms with van der Waals surface area (Å²) < 4.78 is 5.78. The lowest BCUT2D eigenvalue weighted by molar-refractivity contribution is 0.222. The van der Waals surface area contributed by atoms with E-state index in [1.54, 1.807) is 0 Å². The van der Waals surface area contributed by atoms with Crippen molar-refractivity contribution in [2.75, 3.05) is 26.2 Å². The van der Waals surface area contributed by atoms with Crippen LogP contribution in [0, 0.1) is 13.8 Å². The fourth-order valence-corrected chi connectivity index (χ4v) is 1.79. The molecule has 0 spiro atoms. The summed E-state index contributed by atoms with van der Waals surface area (Å²) in [6, 6.07) is 6.32. The second-order valence-electron chi connectivity index (χ2n) is 4.14. The van der Waals surface area contributed by atoms with Crippen LogP contribution < -0.4 is 4.74 Å². The van der Waals surface area contributed by atoms with Crippen LogP contribution >= 0.6 is 0 Å². The molecule has 0 saturated heterocycles. The molecule has 0 aliphatic rings. The Hall–Kier alpha value is -1.02. The van der Waals surface area contributed by atoms with Crippen LogP contribution in [0.4, 0.5) is 0 Å². The van der Waals surface area contributed by atoms with Gasteiger partial charge in [0, 0.05) is 6.54 Å². The molecule has 1 aromatic rings. The first kappa shape index (κ1) is 13.0. The zero-order chi connectivity index (χ0) is 12.0. The van der Waals surface area contributed by atoms with Gasteiger partial charge in [-0.15, -0.1) is 0 Å². The molecule has 90 valence electrons. The molecule has 16 heavy (non-hydrogen) atoms. The Kier molecular flexibility index (Phi) is 5.33. The summed E-state index contributed by atoms with van der Waals surface area (Å²) in [4.78, 5) is 2.36. The van der Waals surface area contributed by atoms with Crippen LogP contribution in [0.1, 0.15) is 25.0 Å². The van der Waals surface area contributed by atoms with Gasteiger partial charge in [0.1, 0.15) is 12.4 Å². The molecule has 1 rings (SSSR count). The highest BCUT2D eigenvalue weighted by molar-refractivity contribution is 5.35. The van der Waals surface area contributed by atoms with Gasteiger partial charge < -0.3 is 9.64 Å². The van der Waals surface area contributed by atoms with Crippen LogP contribution in [0.3, 0.4) is 0 Å². The van der Waals surface area contributed by atoms with Crippen molar-refractivity contribution in [1.82, 2.24) is 4.90 Å². The number of benzene rings is 1. The minimum atomic E-state index is 0.769. The van der Waals surface area contributed by atoms with Gasteiger partial charge in [0.2, 0.25) is 0 Å². The summed E-state index contributed by atoms with van der Waals surface area (Å²) in [5, 5.41) is 0. The van der Waals surface area contributed by atoms with Gasteiger partial charge in [-0.1, -0.05) is 31.5 Å². The van der Waals surface area contributed by atoms with Crippen molar-refractivity contribution in [1.29, 1.82) is 0 Å². The number of hydrogen-bond acceptors (Lipinski definition) is 2. The van der Waals surface area contributed by atoms with E-state index in [0.717, 1.165) is 32.0 Å². The largest absolute Gasteiger partial charge is 0.492 e. The van der Waals surface area contributed by atoms with Crippen molar-refractivity contribution in [3.05, 3.63) is 29.3 Å². The van der Waals surface area contributed by atoms with Crippen LogP contribution in [0.5, 0.6) is 5.75 Å². The second kappa shape index (κ2) is 6.54. The average molecular weight is 221 g/mol. The molecule has 2 heteroatoms.